The van der Waals surface area contributed by atoms with Crippen molar-refractivity contribution >= 4 is 17.4 Å². The highest BCUT2D eigenvalue weighted by Crippen LogP contribution is 2.36. The number of nitrogens with zero attached hydrogens (tertiary/aromatic N) is 2. The molecule has 1 aromatic heterocycles. The second-order valence-corrected chi connectivity index (χ2v) is 8.87. The van der Waals surface area contributed by atoms with Crippen LogP contribution in [0, 0.1) is 0 Å². The zero-order valence-corrected chi connectivity index (χ0v) is 19.4. The number of aliphatic hydroxyl groups excluding tert-OH is 1. The Bertz CT molecular complexity index is 1340. The molecule has 176 valence electrons. The molecule has 1 heterocycles. The molecule has 6 heteroatoms. The fourth-order valence-corrected chi connectivity index (χ4v) is 4.55. The lowest BCUT2D eigenvalue weighted by Gasteiger charge is -2.23. The van der Waals surface area contributed by atoms with Crippen molar-refractivity contribution in [2.24, 2.45) is 0 Å². The van der Waals surface area contributed by atoms with E-state index in [2.05, 4.69) is 17.4 Å². The minimum absolute atomic E-state index is 0.138. The Morgan fingerprint density at radius 2 is 1.71 bits per heavy atom. The van der Waals surface area contributed by atoms with Crippen LogP contribution in [0.25, 0.3) is 11.3 Å². The SMILES string of the molecule is Nc1ccc2c(c1)CCc1nc(NC(=O)CCCc3ccccc3)c(C(O)c3ccccc3)nc1-2. The first kappa shape index (κ1) is 22.7. The van der Waals surface area contributed by atoms with E-state index in [0.29, 0.717) is 35.6 Å². The molecule has 0 saturated heterocycles. The Morgan fingerprint density at radius 3 is 2.49 bits per heavy atom. The molecule has 1 aliphatic rings. The molecule has 1 aliphatic carbocycles. The van der Waals surface area contributed by atoms with Gasteiger partial charge in [0.2, 0.25) is 5.91 Å². The molecule has 0 spiro atoms. The Labute approximate surface area is 204 Å². The van der Waals surface area contributed by atoms with Gasteiger partial charge in [-0.25, -0.2) is 9.97 Å². The van der Waals surface area contributed by atoms with E-state index >= 15 is 0 Å². The summed E-state index contributed by atoms with van der Waals surface area (Å²) in [5, 5.41) is 14.2. The average molecular weight is 465 g/mol. The molecule has 35 heavy (non-hydrogen) atoms. The van der Waals surface area contributed by atoms with Crippen molar-refractivity contribution < 1.29 is 9.90 Å². The smallest absolute Gasteiger partial charge is 0.225 e. The molecule has 0 fully saturated rings. The maximum absolute atomic E-state index is 12.8. The van der Waals surface area contributed by atoms with Crippen LogP contribution in [0.1, 0.15) is 47.0 Å². The molecule has 3 aromatic carbocycles. The number of nitrogen functional groups attached to an aromatic ring is 1. The van der Waals surface area contributed by atoms with Crippen molar-refractivity contribution in [2.75, 3.05) is 11.1 Å². The number of anilines is 2. The van der Waals surface area contributed by atoms with Gasteiger partial charge >= 0.3 is 0 Å². The number of rotatable bonds is 7. The van der Waals surface area contributed by atoms with E-state index in [-0.39, 0.29) is 5.91 Å². The molecule has 5 rings (SSSR count). The quantitative estimate of drug-likeness (QED) is 0.339. The molecule has 1 amide bonds. The zero-order chi connectivity index (χ0) is 24.2. The van der Waals surface area contributed by atoms with Crippen molar-refractivity contribution in [2.45, 2.75) is 38.2 Å². The van der Waals surface area contributed by atoms with Gasteiger partial charge in [0, 0.05) is 17.7 Å². The summed E-state index contributed by atoms with van der Waals surface area (Å²) in [4.78, 5) is 22.5. The molecule has 6 nitrogen and oxygen atoms in total. The van der Waals surface area contributed by atoms with Crippen LogP contribution in [-0.2, 0) is 24.1 Å². The minimum atomic E-state index is -1.02. The van der Waals surface area contributed by atoms with Gasteiger partial charge in [0.25, 0.3) is 0 Å². The summed E-state index contributed by atoms with van der Waals surface area (Å²) in [5.41, 5.74) is 12.6. The number of hydrogen-bond donors (Lipinski definition) is 3. The van der Waals surface area contributed by atoms with Crippen molar-refractivity contribution in [3.05, 3.63) is 107 Å². The summed E-state index contributed by atoms with van der Waals surface area (Å²) >= 11 is 0. The summed E-state index contributed by atoms with van der Waals surface area (Å²) in [6, 6.07) is 25.2. The predicted octanol–water partition coefficient (Wildman–Crippen LogP) is 4.87. The molecule has 0 aliphatic heterocycles. The predicted molar refractivity (Wildman–Crippen MR) is 138 cm³/mol. The number of aryl methyl sites for hydroxylation is 3. The fourth-order valence-electron chi connectivity index (χ4n) is 4.55. The Hall–Kier alpha value is -4.03. The Kier molecular flexibility index (Phi) is 6.55. The number of nitrogens with one attached hydrogen (secondary N) is 1. The van der Waals surface area contributed by atoms with Crippen LogP contribution in [0.15, 0.2) is 78.9 Å². The first-order chi connectivity index (χ1) is 17.1. The van der Waals surface area contributed by atoms with E-state index in [1.54, 1.807) is 0 Å². The van der Waals surface area contributed by atoms with E-state index in [1.165, 1.54) is 5.56 Å². The maximum atomic E-state index is 12.8. The van der Waals surface area contributed by atoms with E-state index < -0.39 is 6.10 Å². The van der Waals surface area contributed by atoms with E-state index in [1.807, 2.05) is 66.7 Å². The van der Waals surface area contributed by atoms with Gasteiger partial charge in [0.05, 0.1) is 11.4 Å². The standard InChI is InChI=1S/C29H28N4O2/c30-22-15-16-23-21(18-22)14-17-24-26(23)33-27(28(35)20-11-5-2-6-12-20)29(31-24)32-25(34)13-7-10-19-8-3-1-4-9-19/h1-6,8-9,11-12,15-16,18,28,35H,7,10,13-14,17,30H2,(H,31,32,34). The summed E-state index contributed by atoms with van der Waals surface area (Å²) in [7, 11) is 0. The van der Waals surface area contributed by atoms with Crippen LogP contribution in [0.5, 0.6) is 0 Å². The molecule has 4 aromatic rings. The number of fused-ring (bicyclic) bond motifs is 3. The highest BCUT2D eigenvalue weighted by molar-refractivity contribution is 5.90. The average Bonchev–Trinajstić information content (AvgIpc) is 2.89. The van der Waals surface area contributed by atoms with Crippen molar-refractivity contribution in [3.63, 3.8) is 0 Å². The highest BCUT2D eigenvalue weighted by atomic mass is 16.3. The number of carbonyl (C=O) groups excluding carboxylic acids is 1. The molecular formula is C29H28N4O2. The van der Waals surface area contributed by atoms with Crippen LogP contribution < -0.4 is 11.1 Å². The van der Waals surface area contributed by atoms with Gasteiger partial charge < -0.3 is 16.2 Å². The van der Waals surface area contributed by atoms with E-state index in [4.69, 9.17) is 15.7 Å². The monoisotopic (exact) mass is 464 g/mol. The number of amides is 1. The summed E-state index contributed by atoms with van der Waals surface area (Å²) in [6.45, 7) is 0. The molecule has 1 unspecified atom stereocenters. The topological polar surface area (TPSA) is 101 Å². The maximum Gasteiger partial charge on any atom is 0.225 e. The van der Waals surface area contributed by atoms with Crippen LogP contribution in [-0.4, -0.2) is 21.0 Å². The van der Waals surface area contributed by atoms with Gasteiger partial charge in [0.1, 0.15) is 11.8 Å². The first-order valence-corrected chi connectivity index (χ1v) is 11.9. The second-order valence-electron chi connectivity index (χ2n) is 8.87. The number of hydrogen-bond acceptors (Lipinski definition) is 5. The summed E-state index contributed by atoms with van der Waals surface area (Å²) < 4.78 is 0. The largest absolute Gasteiger partial charge is 0.399 e. The number of aliphatic hydroxyl groups is 1. The fraction of sp³-hybridized carbons (Fsp3) is 0.207. The lowest BCUT2D eigenvalue weighted by molar-refractivity contribution is -0.116. The summed E-state index contributed by atoms with van der Waals surface area (Å²) in [6.07, 6.45) is 2.37. The van der Waals surface area contributed by atoms with Gasteiger partial charge in [-0.15, -0.1) is 0 Å². The van der Waals surface area contributed by atoms with Crippen molar-refractivity contribution in [3.8, 4) is 11.3 Å². The molecule has 0 bridgehead atoms. The molecule has 0 saturated carbocycles. The molecule has 4 N–H and O–H groups in total. The van der Waals surface area contributed by atoms with Crippen LogP contribution in [0.2, 0.25) is 0 Å². The zero-order valence-electron chi connectivity index (χ0n) is 19.4. The van der Waals surface area contributed by atoms with E-state index in [0.717, 1.165) is 41.8 Å². The Morgan fingerprint density at radius 1 is 0.971 bits per heavy atom. The lowest BCUT2D eigenvalue weighted by Crippen LogP contribution is -2.20. The number of nitrogens with two attached hydrogens (primary N) is 1. The van der Waals surface area contributed by atoms with Gasteiger partial charge in [-0.3, -0.25) is 4.79 Å². The normalized spacial score (nSPS) is 12.9. The van der Waals surface area contributed by atoms with Crippen molar-refractivity contribution in [1.29, 1.82) is 0 Å². The van der Waals surface area contributed by atoms with Gasteiger partial charge in [-0.1, -0.05) is 66.7 Å². The third kappa shape index (κ3) is 5.08. The molecule has 1 atom stereocenters. The third-order valence-electron chi connectivity index (χ3n) is 6.35. The lowest BCUT2D eigenvalue weighted by atomic mass is 9.91. The highest BCUT2D eigenvalue weighted by Gasteiger charge is 2.26. The van der Waals surface area contributed by atoms with Gasteiger partial charge in [0.15, 0.2) is 5.82 Å². The number of aromatic nitrogens is 2. The van der Waals surface area contributed by atoms with Crippen LogP contribution >= 0.6 is 0 Å². The summed E-state index contributed by atoms with van der Waals surface area (Å²) in [5.74, 6) is 0.185. The van der Waals surface area contributed by atoms with Crippen LogP contribution in [0.3, 0.4) is 0 Å². The third-order valence-corrected chi connectivity index (χ3v) is 6.35. The minimum Gasteiger partial charge on any atom is -0.399 e. The van der Waals surface area contributed by atoms with E-state index in [9.17, 15) is 9.90 Å². The molecular weight excluding hydrogens is 436 g/mol. The Balaban J connectivity index is 1.44. The van der Waals surface area contributed by atoms with Crippen molar-refractivity contribution in [1.82, 2.24) is 9.97 Å². The van der Waals surface area contributed by atoms with Gasteiger partial charge in [-0.05, 0) is 54.5 Å². The second kappa shape index (κ2) is 10.1. The molecule has 0 radical (unpaired) electrons. The number of carbonyl (C=O) groups is 1. The first-order valence-electron chi connectivity index (χ1n) is 11.9. The number of benzene rings is 3. The van der Waals surface area contributed by atoms with Crippen LogP contribution in [0.4, 0.5) is 11.5 Å². The van der Waals surface area contributed by atoms with Gasteiger partial charge in [-0.2, -0.15) is 0 Å².